The van der Waals surface area contributed by atoms with E-state index in [2.05, 4.69) is 9.99 Å². The molecule has 2 aromatic rings. The minimum atomic E-state index is 0.540. The van der Waals surface area contributed by atoms with Gasteiger partial charge >= 0.3 is 0 Å². The first-order chi connectivity index (χ1) is 10.3. The van der Waals surface area contributed by atoms with Crippen molar-refractivity contribution in [2.24, 2.45) is 5.16 Å². The van der Waals surface area contributed by atoms with Gasteiger partial charge in [-0.25, -0.2) is 0 Å². The van der Waals surface area contributed by atoms with Gasteiger partial charge in [0.2, 0.25) is 0 Å². The molecule has 0 aliphatic carbocycles. The average molecular weight is 285 g/mol. The van der Waals surface area contributed by atoms with Crippen LogP contribution >= 0.6 is 0 Å². The molecule has 0 fully saturated rings. The first-order valence-corrected chi connectivity index (χ1v) is 6.68. The van der Waals surface area contributed by atoms with E-state index < -0.39 is 0 Å². The minimum Gasteiger partial charge on any atom is -0.489 e. The zero-order valence-corrected chi connectivity index (χ0v) is 12.3. The summed E-state index contributed by atoms with van der Waals surface area (Å²) < 4.78 is 10.8. The lowest BCUT2D eigenvalue weighted by Gasteiger charge is -2.07. The Bertz CT molecular complexity index is 562. The van der Waals surface area contributed by atoms with Gasteiger partial charge in [-0.2, -0.15) is 0 Å². The van der Waals surface area contributed by atoms with Gasteiger partial charge in [0.15, 0.2) is 0 Å². The van der Waals surface area contributed by atoms with Crippen molar-refractivity contribution in [3.8, 4) is 5.75 Å². The monoisotopic (exact) mass is 285 g/mol. The summed E-state index contributed by atoms with van der Waals surface area (Å²) in [6.07, 6.45) is 1.65. The summed E-state index contributed by atoms with van der Waals surface area (Å²) in [5, 5.41) is 3.71. The summed E-state index contributed by atoms with van der Waals surface area (Å²) in [6, 6.07) is 15.9. The topological polar surface area (TPSA) is 40.0 Å². The fourth-order valence-electron chi connectivity index (χ4n) is 1.83. The highest BCUT2D eigenvalue weighted by Crippen LogP contribution is 2.14. The van der Waals surface area contributed by atoms with Gasteiger partial charge in [-0.1, -0.05) is 29.4 Å². The van der Waals surface area contributed by atoms with E-state index in [4.69, 9.17) is 9.47 Å². The van der Waals surface area contributed by atoms with Crippen LogP contribution in [0.1, 0.15) is 16.7 Å². The van der Waals surface area contributed by atoms with Crippen molar-refractivity contribution >= 4 is 6.21 Å². The van der Waals surface area contributed by atoms with Crippen LogP contribution in [0.2, 0.25) is 0 Å². The van der Waals surface area contributed by atoms with Gasteiger partial charge in [0.25, 0.3) is 0 Å². The molecule has 0 radical (unpaired) electrons. The van der Waals surface area contributed by atoms with Crippen molar-refractivity contribution in [3.05, 3.63) is 65.2 Å². The molecule has 0 amide bonds. The number of methoxy groups -OCH3 is 1. The lowest BCUT2D eigenvalue weighted by molar-refractivity contribution is 0.185. The molecule has 0 saturated heterocycles. The van der Waals surface area contributed by atoms with E-state index in [9.17, 15) is 0 Å². The van der Waals surface area contributed by atoms with Gasteiger partial charge in [0.1, 0.15) is 19.5 Å². The number of rotatable bonds is 7. The predicted molar refractivity (Wildman–Crippen MR) is 82.5 cm³/mol. The molecule has 0 spiro atoms. The molecule has 0 aliphatic rings. The molecule has 2 rings (SSSR count). The molecule has 0 bridgehead atoms. The van der Waals surface area contributed by atoms with Crippen LogP contribution in [0.3, 0.4) is 0 Å². The predicted octanol–water partition coefficient (Wildman–Crippen LogP) is 3.39. The fourth-order valence-corrected chi connectivity index (χ4v) is 1.83. The third-order valence-corrected chi connectivity index (χ3v) is 2.93. The quantitative estimate of drug-likeness (QED) is 0.578. The van der Waals surface area contributed by atoms with Crippen molar-refractivity contribution in [1.82, 2.24) is 0 Å². The normalized spacial score (nSPS) is 10.8. The zero-order valence-electron chi connectivity index (χ0n) is 12.3. The lowest BCUT2D eigenvalue weighted by Crippen LogP contribution is -1.96. The third-order valence-electron chi connectivity index (χ3n) is 2.93. The zero-order chi connectivity index (χ0) is 14.9. The molecular formula is C17H19NO3. The first kappa shape index (κ1) is 15.1. The van der Waals surface area contributed by atoms with Crippen LogP contribution in [-0.2, 0) is 22.8 Å². The molecule has 0 unspecified atom stereocenters. The Balaban J connectivity index is 1.88. The number of oxime groups is 1. The smallest absolute Gasteiger partial charge is 0.119 e. The Morgan fingerprint density at radius 2 is 1.48 bits per heavy atom. The van der Waals surface area contributed by atoms with E-state index in [1.54, 1.807) is 13.3 Å². The van der Waals surface area contributed by atoms with Crippen molar-refractivity contribution < 1.29 is 14.3 Å². The Morgan fingerprint density at radius 3 is 2.05 bits per heavy atom. The number of hydrogen-bond acceptors (Lipinski definition) is 4. The van der Waals surface area contributed by atoms with Crippen molar-refractivity contribution in [2.45, 2.75) is 13.2 Å². The molecule has 4 nitrogen and oxygen atoms in total. The molecular weight excluding hydrogens is 266 g/mol. The van der Waals surface area contributed by atoms with Crippen LogP contribution in [0.5, 0.6) is 5.75 Å². The summed E-state index contributed by atoms with van der Waals surface area (Å²) in [4.78, 5) is 4.64. The highest BCUT2D eigenvalue weighted by Gasteiger charge is 1.98. The molecule has 21 heavy (non-hydrogen) atoms. The Hall–Kier alpha value is -2.33. The molecule has 0 heterocycles. The second-order valence-electron chi connectivity index (χ2n) is 4.52. The first-order valence-electron chi connectivity index (χ1n) is 6.68. The van der Waals surface area contributed by atoms with Crippen LogP contribution in [-0.4, -0.2) is 20.4 Å². The molecule has 0 atom stereocenters. The number of nitrogens with zero attached hydrogens (tertiary/aromatic N) is 1. The average Bonchev–Trinajstić information content (AvgIpc) is 2.53. The van der Waals surface area contributed by atoms with Gasteiger partial charge < -0.3 is 14.3 Å². The maximum atomic E-state index is 5.74. The standard InChI is InChI=1S/C17H19NO3/c1-19-12-15-3-5-16(6-4-15)13-21-17-9-7-14(8-10-17)11-18-20-2/h3-11H,12-13H2,1-2H3. The largest absolute Gasteiger partial charge is 0.489 e. The molecule has 0 aliphatic heterocycles. The highest BCUT2D eigenvalue weighted by molar-refractivity contribution is 5.79. The molecule has 110 valence electrons. The summed E-state index contributed by atoms with van der Waals surface area (Å²) in [5.74, 6) is 0.825. The Morgan fingerprint density at radius 1 is 0.857 bits per heavy atom. The van der Waals surface area contributed by atoms with Gasteiger partial charge in [0.05, 0.1) is 12.8 Å². The lowest BCUT2D eigenvalue weighted by atomic mass is 10.1. The van der Waals surface area contributed by atoms with Crippen LogP contribution in [0.25, 0.3) is 0 Å². The maximum absolute atomic E-state index is 5.74. The summed E-state index contributed by atoms with van der Waals surface area (Å²) >= 11 is 0. The van der Waals surface area contributed by atoms with E-state index in [-0.39, 0.29) is 0 Å². The molecule has 0 aromatic heterocycles. The molecule has 4 heteroatoms. The number of benzene rings is 2. The van der Waals surface area contributed by atoms with Crippen molar-refractivity contribution in [2.75, 3.05) is 14.2 Å². The summed E-state index contributed by atoms with van der Waals surface area (Å²) in [5.41, 5.74) is 3.25. The van der Waals surface area contributed by atoms with Crippen LogP contribution in [0.4, 0.5) is 0 Å². The van der Waals surface area contributed by atoms with Gasteiger partial charge in [-0.15, -0.1) is 0 Å². The Labute approximate surface area is 125 Å². The second-order valence-corrected chi connectivity index (χ2v) is 4.52. The second kappa shape index (κ2) is 8.07. The van der Waals surface area contributed by atoms with Gasteiger partial charge in [0, 0.05) is 7.11 Å². The number of hydrogen-bond donors (Lipinski definition) is 0. The van der Waals surface area contributed by atoms with Crippen LogP contribution in [0, 0.1) is 0 Å². The SMILES string of the molecule is COCc1ccc(COc2ccc(C=NOC)cc2)cc1. The van der Waals surface area contributed by atoms with Gasteiger partial charge in [-0.3, -0.25) is 0 Å². The van der Waals surface area contributed by atoms with E-state index in [1.165, 1.54) is 7.11 Å². The van der Waals surface area contributed by atoms with E-state index >= 15 is 0 Å². The summed E-state index contributed by atoms with van der Waals surface area (Å²) in [6.45, 7) is 1.17. The van der Waals surface area contributed by atoms with E-state index in [1.807, 2.05) is 48.5 Å². The third kappa shape index (κ3) is 4.93. The van der Waals surface area contributed by atoms with Crippen molar-refractivity contribution in [1.29, 1.82) is 0 Å². The van der Waals surface area contributed by atoms with E-state index in [0.717, 1.165) is 22.4 Å². The Kier molecular flexibility index (Phi) is 5.79. The van der Waals surface area contributed by atoms with Crippen molar-refractivity contribution in [3.63, 3.8) is 0 Å². The minimum absolute atomic E-state index is 0.540. The van der Waals surface area contributed by atoms with Crippen LogP contribution in [0.15, 0.2) is 53.7 Å². The maximum Gasteiger partial charge on any atom is 0.119 e. The summed E-state index contributed by atoms with van der Waals surface area (Å²) in [7, 11) is 3.21. The van der Waals surface area contributed by atoms with Crippen LogP contribution < -0.4 is 4.74 Å². The molecule has 2 aromatic carbocycles. The molecule has 0 N–H and O–H groups in total. The van der Waals surface area contributed by atoms with Gasteiger partial charge in [-0.05, 0) is 41.0 Å². The van der Waals surface area contributed by atoms with E-state index in [0.29, 0.717) is 13.2 Å². The highest BCUT2D eigenvalue weighted by atomic mass is 16.6. The fraction of sp³-hybridized carbons (Fsp3) is 0.235. The number of ether oxygens (including phenoxy) is 2. The molecule has 0 saturated carbocycles.